The molecule has 0 saturated heterocycles. The number of carbonyl (C=O) groups is 2. The van der Waals surface area contributed by atoms with Crippen LogP contribution in [0.1, 0.15) is 30.1 Å². The third kappa shape index (κ3) is 3.71. The minimum atomic E-state index is -1.06. The van der Waals surface area contributed by atoms with E-state index in [-0.39, 0.29) is 10.7 Å². The number of carboxylic acid groups (broad SMARTS) is 1. The molecule has 17 heavy (non-hydrogen) atoms. The number of amides is 1. The number of pyridine rings is 1. The van der Waals surface area contributed by atoms with Crippen molar-refractivity contribution in [2.24, 2.45) is 0 Å². The Bertz CT molecular complexity index is 423. The highest BCUT2D eigenvalue weighted by Gasteiger charge is 2.20. The van der Waals surface area contributed by atoms with Crippen molar-refractivity contribution in [3.63, 3.8) is 0 Å². The normalized spacial score (nSPS) is 11.9. The quantitative estimate of drug-likeness (QED) is 0.786. The molecule has 0 aliphatic heterocycles. The topological polar surface area (TPSA) is 79.3 Å². The zero-order chi connectivity index (χ0) is 12.8. The Kier molecular flexibility index (Phi) is 4.90. The Hall–Kier alpha value is -1.62. The molecule has 0 aromatic carbocycles. The molecule has 92 valence electrons. The first-order valence-electron chi connectivity index (χ1n) is 5.20. The van der Waals surface area contributed by atoms with E-state index in [2.05, 4.69) is 10.3 Å². The molecule has 0 bridgehead atoms. The molecule has 2 N–H and O–H groups in total. The number of carboxylic acids is 1. The number of carbonyl (C=O) groups excluding carboxylic acids is 1. The number of rotatable bonds is 5. The van der Waals surface area contributed by atoms with Crippen LogP contribution >= 0.6 is 11.6 Å². The molecule has 6 heteroatoms. The Balaban J connectivity index is 2.77. The third-order valence-electron chi connectivity index (χ3n) is 2.18. The van der Waals surface area contributed by atoms with E-state index in [0.717, 1.165) is 0 Å². The van der Waals surface area contributed by atoms with E-state index in [9.17, 15) is 9.59 Å². The van der Waals surface area contributed by atoms with Crippen LogP contribution in [0, 0.1) is 0 Å². The van der Waals surface area contributed by atoms with Gasteiger partial charge in [0.1, 0.15) is 11.2 Å². The smallest absolute Gasteiger partial charge is 0.326 e. The van der Waals surface area contributed by atoms with Gasteiger partial charge in [0, 0.05) is 6.20 Å². The van der Waals surface area contributed by atoms with Crippen LogP contribution < -0.4 is 5.32 Å². The van der Waals surface area contributed by atoms with Crippen molar-refractivity contribution < 1.29 is 14.7 Å². The van der Waals surface area contributed by atoms with E-state index < -0.39 is 17.9 Å². The van der Waals surface area contributed by atoms with E-state index in [1.54, 1.807) is 6.07 Å². The van der Waals surface area contributed by atoms with Crippen LogP contribution in [0.2, 0.25) is 5.15 Å². The van der Waals surface area contributed by atoms with Gasteiger partial charge < -0.3 is 10.4 Å². The molecule has 0 aliphatic carbocycles. The first kappa shape index (κ1) is 13.4. The molecule has 1 aromatic heterocycles. The SMILES string of the molecule is CCCC(NC(=O)c1cccnc1Cl)C(=O)O. The van der Waals surface area contributed by atoms with Gasteiger partial charge in [-0.1, -0.05) is 24.9 Å². The van der Waals surface area contributed by atoms with Gasteiger partial charge in [-0.2, -0.15) is 0 Å². The molecular formula is C11H13ClN2O3. The number of aromatic nitrogens is 1. The monoisotopic (exact) mass is 256 g/mol. The average molecular weight is 257 g/mol. The second kappa shape index (κ2) is 6.20. The maximum atomic E-state index is 11.8. The van der Waals surface area contributed by atoms with Crippen molar-refractivity contribution in [1.29, 1.82) is 0 Å². The first-order valence-corrected chi connectivity index (χ1v) is 5.58. The number of nitrogens with one attached hydrogen (secondary N) is 1. The summed E-state index contributed by atoms with van der Waals surface area (Å²) in [6.45, 7) is 1.85. The number of aliphatic carboxylic acids is 1. The van der Waals surface area contributed by atoms with Gasteiger partial charge in [0.25, 0.3) is 5.91 Å². The molecule has 0 aliphatic rings. The Morgan fingerprint density at radius 3 is 2.82 bits per heavy atom. The van der Waals surface area contributed by atoms with Gasteiger partial charge >= 0.3 is 5.97 Å². The molecule has 5 nitrogen and oxygen atoms in total. The van der Waals surface area contributed by atoms with Gasteiger partial charge in [0.15, 0.2) is 0 Å². The summed E-state index contributed by atoms with van der Waals surface area (Å²) in [4.78, 5) is 26.4. The summed E-state index contributed by atoms with van der Waals surface area (Å²) < 4.78 is 0. The summed E-state index contributed by atoms with van der Waals surface area (Å²) >= 11 is 5.74. The lowest BCUT2D eigenvalue weighted by atomic mass is 10.1. The highest BCUT2D eigenvalue weighted by molar-refractivity contribution is 6.32. The van der Waals surface area contributed by atoms with Gasteiger partial charge in [-0.05, 0) is 18.6 Å². The predicted octanol–water partition coefficient (Wildman–Crippen LogP) is 1.72. The molecule has 1 unspecified atom stereocenters. The first-order chi connectivity index (χ1) is 8.06. The van der Waals surface area contributed by atoms with E-state index in [1.807, 2.05) is 6.92 Å². The zero-order valence-electron chi connectivity index (χ0n) is 9.31. The van der Waals surface area contributed by atoms with E-state index in [4.69, 9.17) is 16.7 Å². The molecule has 1 aromatic rings. The molecule has 0 spiro atoms. The van der Waals surface area contributed by atoms with Crippen molar-refractivity contribution in [1.82, 2.24) is 10.3 Å². The summed E-state index contributed by atoms with van der Waals surface area (Å²) in [6.07, 6.45) is 2.50. The van der Waals surface area contributed by atoms with Crippen molar-refractivity contribution >= 4 is 23.5 Å². The van der Waals surface area contributed by atoms with Gasteiger partial charge in [-0.25, -0.2) is 9.78 Å². The molecule has 1 rings (SSSR count). The second-order valence-corrected chi connectivity index (χ2v) is 3.85. The van der Waals surface area contributed by atoms with E-state index >= 15 is 0 Å². The van der Waals surface area contributed by atoms with Gasteiger partial charge in [0.05, 0.1) is 5.56 Å². The fraction of sp³-hybridized carbons (Fsp3) is 0.364. The average Bonchev–Trinajstić information content (AvgIpc) is 2.28. The lowest BCUT2D eigenvalue weighted by Gasteiger charge is -2.13. The van der Waals surface area contributed by atoms with Crippen LogP contribution in [0.25, 0.3) is 0 Å². The molecule has 0 radical (unpaired) electrons. The van der Waals surface area contributed by atoms with Crippen molar-refractivity contribution in [3.05, 3.63) is 29.0 Å². The minimum Gasteiger partial charge on any atom is -0.480 e. The van der Waals surface area contributed by atoms with Crippen LogP contribution in [0.5, 0.6) is 0 Å². The fourth-order valence-electron chi connectivity index (χ4n) is 1.34. The van der Waals surface area contributed by atoms with E-state index in [1.165, 1.54) is 12.3 Å². The van der Waals surface area contributed by atoms with Crippen LogP contribution in [0.4, 0.5) is 0 Å². The van der Waals surface area contributed by atoms with E-state index in [0.29, 0.717) is 12.8 Å². The number of hydrogen-bond donors (Lipinski definition) is 2. The lowest BCUT2D eigenvalue weighted by molar-refractivity contribution is -0.139. The van der Waals surface area contributed by atoms with Crippen LogP contribution in [-0.4, -0.2) is 28.0 Å². The predicted molar refractivity (Wildman–Crippen MR) is 63.0 cm³/mol. The summed E-state index contributed by atoms with van der Waals surface area (Å²) in [5.41, 5.74) is 0.177. The molecule has 1 amide bonds. The van der Waals surface area contributed by atoms with Crippen molar-refractivity contribution in [3.8, 4) is 0 Å². The Labute approximate surface area is 104 Å². The number of halogens is 1. The zero-order valence-corrected chi connectivity index (χ0v) is 10.1. The standard InChI is InChI=1S/C11H13ClN2O3/c1-2-4-8(11(16)17)14-10(15)7-5-3-6-13-9(7)12/h3,5-6,8H,2,4H2,1H3,(H,14,15)(H,16,17). The van der Waals surface area contributed by atoms with Crippen LogP contribution in [0.3, 0.4) is 0 Å². The summed E-state index contributed by atoms with van der Waals surface area (Å²) in [7, 11) is 0. The van der Waals surface area contributed by atoms with Gasteiger partial charge in [-0.3, -0.25) is 4.79 Å². The Morgan fingerprint density at radius 2 is 2.29 bits per heavy atom. The van der Waals surface area contributed by atoms with Crippen molar-refractivity contribution in [2.75, 3.05) is 0 Å². The number of hydrogen-bond acceptors (Lipinski definition) is 3. The maximum Gasteiger partial charge on any atom is 0.326 e. The molecule has 1 atom stereocenters. The fourth-order valence-corrected chi connectivity index (χ4v) is 1.54. The highest BCUT2D eigenvalue weighted by Crippen LogP contribution is 2.11. The third-order valence-corrected chi connectivity index (χ3v) is 2.49. The summed E-state index contributed by atoms with van der Waals surface area (Å²) in [5, 5.41) is 11.4. The highest BCUT2D eigenvalue weighted by atomic mass is 35.5. The molecule has 0 saturated carbocycles. The lowest BCUT2D eigenvalue weighted by Crippen LogP contribution is -2.40. The van der Waals surface area contributed by atoms with Crippen LogP contribution in [-0.2, 0) is 4.79 Å². The van der Waals surface area contributed by atoms with Crippen molar-refractivity contribution in [2.45, 2.75) is 25.8 Å². The van der Waals surface area contributed by atoms with Gasteiger partial charge in [0.2, 0.25) is 0 Å². The number of nitrogens with zero attached hydrogens (tertiary/aromatic N) is 1. The largest absolute Gasteiger partial charge is 0.480 e. The molecular weight excluding hydrogens is 244 g/mol. The second-order valence-electron chi connectivity index (χ2n) is 3.49. The van der Waals surface area contributed by atoms with Gasteiger partial charge in [-0.15, -0.1) is 0 Å². The summed E-state index contributed by atoms with van der Waals surface area (Å²) in [6, 6.07) is 2.16. The minimum absolute atomic E-state index is 0.0608. The Morgan fingerprint density at radius 1 is 1.59 bits per heavy atom. The molecule has 1 heterocycles. The molecule has 0 fully saturated rings. The summed E-state index contributed by atoms with van der Waals surface area (Å²) in [5.74, 6) is -1.58. The maximum absolute atomic E-state index is 11.8. The van der Waals surface area contributed by atoms with Crippen LogP contribution in [0.15, 0.2) is 18.3 Å².